The highest BCUT2D eigenvalue weighted by Gasteiger charge is 2.22. The van der Waals surface area contributed by atoms with Gasteiger partial charge in [0.2, 0.25) is 5.91 Å². The highest BCUT2D eigenvalue weighted by molar-refractivity contribution is 5.78. The molecule has 0 radical (unpaired) electrons. The molecule has 6 heteroatoms. The van der Waals surface area contributed by atoms with Crippen LogP contribution in [0.2, 0.25) is 0 Å². The van der Waals surface area contributed by atoms with Crippen molar-refractivity contribution in [2.75, 3.05) is 33.4 Å². The van der Waals surface area contributed by atoms with Gasteiger partial charge in [-0.15, -0.1) is 0 Å². The molecule has 0 unspecified atom stereocenters. The van der Waals surface area contributed by atoms with Crippen LogP contribution >= 0.6 is 0 Å². The monoisotopic (exact) mass is 424 g/mol. The minimum atomic E-state index is -0.0991. The molecule has 0 bridgehead atoms. The number of carbonyl (C=O) groups is 1. The Morgan fingerprint density at radius 2 is 1.87 bits per heavy atom. The van der Waals surface area contributed by atoms with E-state index in [0.717, 1.165) is 28.4 Å². The first-order chi connectivity index (χ1) is 15.0. The van der Waals surface area contributed by atoms with Crippen molar-refractivity contribution >= 4 is 5.91 Å². The quantitative estimate of drug-likeness (QED) is 0.585. The summed E-state index contributed by atoms with van der Waals surface area (Å²) in [6.45, 7) is 10.4. The summed E-state index contributed by atoms with van der Waals surface area (Å²) in [5.74, 6) is 2.52. The van der Waals surface area contributed by atoms with Gasteiger partial charge in [0.05, 0.1) is 12.6 Å². The van der Waals surface area contributed by atoms with Crippen LogP contribution in [-0.2, 0) is 11.3 Å². The highest BCUT2D eigenvalue weighted by atomic mass is 16.6. The topological polar surface area (TPSA) is 60.0 Å². The van der Waals surface area contributed by atoms with Gasteiger partial charge >= 0.3 is 0 Å². The number of hydrogen-bond acceptors (Lipinski definition) is 5. The third kappa shape index (κ3) is 6.49. The molecule has 0 saturated carbocycles. The third-order valence-corrected chi connectivity index (χ3v) is 5.07. The molecule has 0 fully saturated rings. The second-order valence-electron chi connectivity index (χ2n) is 8.11. The first-order valence-electron chi connectivity index (χ1n) is 10.7. The van der Waals surface area contributed by atoms with Crippen LogP contribution in [0.25, 0.3) is 0 Å². The maximum absolute atomic E-state index is 12.8. The molecule has 31 heavy (non-hydrogen) atoms. The van der Waals surface area contributed by atoms with Gasteiger partial charge in [0.15, 0.2) is 11.5 Å². The van der Waals surface area contributed by atoms with Gasteiger partial charge < -0.3 is 19.5 Å². The molecule has 2 aromatic rings. The zero-order chi connectivity index (χ0) is 22.2. The Morgan fingerprint density at radius 1 is 1.16 bits per heavy atom. The smallest absolute Gasteiger partial charge is 0.234 e. The Kier molecular flexibility index (Phi) is 7.95. The second kappa shape index (κ2) is 10.9. The van der Waals surface area contributed by atoms with Crippen LogP contribution in [0.5, 0.6) is 17.2 Å². The normalized spacial score (nSPS) is 13.7. The molecule has 1 aliphatic heterocycles. The number of benzene rings is 2. The molecule has 1 N–H and O–H groups in total. The number of carbonyl (C=O) groups excluding carboxylic acids is 1. The first kappa shape index (κ1) is 22.7. The number of ether oxygens (including phenoxy) is 3. The van der Waals surface area contributed by atoms with E-state index in [4.69, 9.17) is 14.2 Å². The van der Waals surface area contributed by atoms with Gasteiger partial charge in [0, 0.05) is 6.54 Å². The van der Waals surface area contributed by atoms with E-state index < -0.39 is 0 Å². The Bertz CT molecular complexity index is 880. The number of fused-ring (bicyclic) bond motifs is 1. The summed E-state index contributed by atoms with van der Waals surface area (Å²) in [5, 5.41) is 3.18. The maximum Gasteiger partial charge on any atom is 0.234 e. The summed E-state index contributed by atoms with van der Waals surface area (Å²) >= 11 is 0. The standard InChI is InChI=1S/C25H32N2O4/c1-5-12-29-21-9-6-19(7-10-21)16-27(4)17-24(28)26-25(18(2)3)20-8-11-22-23(15-20)31-14-13-30-22/h5-11,15,18,25H,1,12-14,16-17H2,2-4H3,(H,26,28)/t25-/m1/s1. The lowest BCUT2D eigenvalue weighted by Crippen LogP contribution is -2.38. The van der Waals surface area contributed by atoms with E-state index in [1.54, 1.807) is 6.08 Å². The van der Waals surface area contributed by atoms with E-state index >= 15 is 0 Å². The van der Waals surface area contributed by atoms with Gasteiger partial charge in [-0.2, -0.15) is 0 Å². The Hall–Kier alpha value is -2.99. The maximum atomic E-state index is 12.8. The van der Waals surface area contributed by atoms with Gasteiger partial charge in [0.25, 0.3) is 0 Å². The molecule has 1 heterocycles. The molecule has 0 spiro atoms. The van der Waals surface area contributed by atoms with E-state index in [1.807, 2.05) is 54.4 Å². The van der Waals surface area contributed by atoms with Crippen LogP contribution < -0.4 is 19.5 Å². The minimum absolute atomic E-state index is 0.0120. The van der Waals surface area contributed by atoms with Crippen molar-refractivity contribution in [2.24, 2.45) is 5.92 Å². The third-order valence-electron chi connectivity index (χ3n) is 5.07. The lowest BCUT2D eigenvalue weighted by atomic mass is 9.95. The Morgan fingerprint density at radius 3 is 2.55 bits per heavy atom. The van der Waals surface area contributed by atoms with E-state index in [0.29, 0.717) is 32.9 Å². The second-order valence-corrected chi connectivity index (χ2v) is 8.11. The predicted molar refractivity (Wildman–Crippen MR) is 122 cm³/mol. The summed E-state index contributed by atoms with van der Waals surface area (Å²) in [6.07, 6.45) is 1.72. The molecule has 0 saturated heterocycles. The van der Waals surface area contributed by atoms with Crippen LogP contribution in [-0.4, -0.2) is 44.2 Å². The van der Waals surface area contributed by atoms with E-state index in [2.05, 4.69) is 25.7 Å². The number of nitrogens with zero attached hydrogens (tertiary/aromatic N) is 1. The number of amides is 1. The van der Waals surface area contributed by atoms with Gasteiger partial charge in [-0.05, 0) is 48.4 Å². The van der Waals surface area contributed by atoms with Gasteiger partial charge in [-0.25, -0.2) is 0 Å². The summed E-state index contributed by atoms with van der Waals surface area (Å²) in [7, 11) is 1.94. The molecule has 0 aromatic heterocycles. The van der Waals surface area contributed by atoms with Crippen LogP contribution in [0, 0.1) is 5.92 Å². The van der Waals surface area contributed by atoms with Crippen molar-refractivity contribution in [1.29, 1.82) is 0 Å². The zero-order valence-corrected chi connectivity index (χ0v) is 18.6. The van der Waals surface area contributed by atoms with Gasteiger partial charge in [-0.1, -0.05) is 44.7 Å². The van der Waals surface area contributed by atoms with Crippen LogP contribution in [0.3, 0.4) is 0 Å². The molecule has 6 nitrogen and oxygen atoms in total. The average molecular weight is 425 g/mol. The van der Waals surface area contributed by atoms with E-state index in [1.165, 1.54) is 0 Å². The van der Waals surface area contributed by atoms with Crippen molar-refractivity contribution in [1.82, 2.24) is 10.2 Å². The van der Waals surface area contributed by atoms with E-state index in [9.17, 15) is 4.79 Å². The SMILES string of the molecule is C=CCOc1ccc(CN(C)CC(=O)N[C@@H](c2ccc3c(c2)OCCO3)C(C)C)cc1. The zero-order valence-electron chi connectivity index (χ0n) is 18.6. The molecular weight excluding hydrogens is 392 g/mol. The highest BCUT2D eigenvalue weighted by Crippen LogP contribution is 2.34. The largest absolute Gasteiger partial charge is 0.490 e. The number of nitrogens with one attached hydrogen (secondary N) is 1. The molecule has 2 aromatic carbocycles. The molecule has 3 rings (SSSR count). The fourth-order valence-electron chi connectivity index (χ4n) is 3.57. The summed E-state index contributed by atoms with van der Waals surface area (Å²) < 4.78 is 16.8. The van der Waals surface area contributed by atoms with Crippen molar-refractivity contribution in [3.63, 3.8) is 0 Å². The summed E-state index contributed by atoms with van der Waals surface area (Å²) in [4.78, 5) is 14.8. The first-order valence-corrected chi connectivity index (χ1v) is 10.7. The summed E-state index contributed by atoms with van der Waals surface area (Å²) in [5.41, 5.74) is 2.14. The molecular formula is C25H32N2O4. The molecule has 1 atom stereocenters. The molecule has 1 amide bonds. The molecule has 1 aliphatic rings. The van der Waals surface area contributed by atoms with Gasteiger partial charge in [-0.3, -0.25) is 9.69 Å². The lowest BCUT2D eigenvalue weighted by Gasteiger charge is -2.26. The predicted octanol–water partition coefficient (Wildman–Crippen LogP) is 3.97. The molecule has 166 valence electrons. The number of rotatable bonds is 10. The minimum Gasteiger partial charge on any atom is -0.490 e. The Balaban J connectivity index is 1.56. The van der Waals surface area contributed by atoms with Crippen molar-refractivity contribution in [3.8, 4) is 17.2 Å². The lowest BCUT2D eigenvalue weighted by molar-refractivity contribution is -0.123. The van der Waals surface area contributed by atoms with Crippen molar-refractivity contribution in [2.45, 2.75) is 26.4 Å². The molecule has 0 aliphatic carbocycles. The fraction of sp³-hybridized carbons (Fsp3) is 0.400. The van der Waals surface area contributed by atoms with E-state index in [-0.39, 0.29) is 17.9 Å². The Labute approximate surface area is 184 Å². The van der Waals surface area contributed by atoms with Crippen LogP contribution in [0.15, 0.2) is 55.1 Å². The average Bonchev–Trinajstić information content (AvgIpc) is 2.76. The van der Waals surface area contributed by atoms with Crippen LogP contribution in [0.1, 0.15) is 31.0 Å². The van der Waals surface area contributed by atoms with Crippen molar-refractivity contribution < 1.29 is 19.0 Å². The summed E-state index contributed by atoms with van der Waals surface area (Å²) in [6, 6.07) is 13.7. The number of hydrogen-bond donors (Lipinski definition) is 1. The van der Waals surface area contributed by atoms with Gasteiger partial charge in [0.1, 0.15) is 25.6 Å². The van der Waals surface area contributed by atoms with Crippen molar-refractivity contribution in [3.05, 3.63) is 66.2 Å². The van der Waals surface area contributed by atoms with Crippen LogP contribution in [0.4, 0.5) is 0 Å². The fourth-order valence-corrected chi connectivity index (χ4v) is 3.57. The number of likely N-dealkylation sites (N-methyl/N-ethyl adjacent to an activating group) is 1.